The molecule has 2 atom stereocenters. The lowest BCUT2D eigenvalue weighted by Crippen LogP contribution is -2.38. The largest absolute Gasteiger partial charge is 0.497 e. The molecule has 5 heteroatoms. The maximum absolute atomic E-state index is 11.1. The molecule has 1 amide bonds. The Morgan fingerprint density at radius 1 is 1.17 bits per heavy atom. The third-order valence-corrected chi connectivity index (χ3v) is 4.50. The van der Waals surface area contributed by atoms with Gasteiger partial charge >= 0.3 is 6.09 Å². The smallest absolute Gasteiger partial charge is 0.404 e. The Kier molecular flexibility index (Phi) is 5.01. The molecule has 0 spiro atoms. The van der Waals surface area contributed by atoms with Gasteiger partial charge in [0.2, 0.25) is 0 Å². The van der Waals surface area contributed by atoms with Crippen LogP contribution >= 0.6 is 0 Å². The molecule has 1 saturated heterocycles. The highest BCUT2D eigenvalue weighted by Crippen LogP contribution is 2.30. The van der Waals surface area contributed by atoms with Gasteiger partial charge in [-0.2, -0.15) is 0 Å². The maximum Gasteiger partial charge on any atom is 0.404 e. The summed E-state index contributed by atoms with van der Waals surface area (Å²) in [6, 6.07) is 18.0. The minimum absolute atomic E-state index is 0.111. The van der Waals surface area contributed by atoms with Gasteiger partial charge in [-0.05, 0) is 23.3 Å². The van der Waals surface area contributed by atoms with E-state index in [-0.39, 0.29) is 12.0 Å². The number of hydrogen-bond acceptors (Lipinski definition) is 3. The van der Waals surface area contributed by atoms with E-state index in [0.717, 1.165) is 24.4 Å². The van der Waals surface area contributed by atoms with Crippen molar-refractivity contribution in [2.75, 3.05) is 20.2 Å². The highest BCUT2D eigenvalue weighted by Gasteiger charge is 2.34. The van der Waals surface area contributed by atoms with Crippen molar-refractivity contribution in [2.45, 2.75) is 18.5 Å². The van der Waals surface area contributed by atoms with Crippen LogP contribution in [0.3, 0.4) is 0 Å². The lowest BCUT2D eigenvalue weighted by molar-refractivity contribution is 0.188. The number of nitrogens with zero attached hydrogens (tertiary/aromatic N) is 1. The highest BCUT2D eigenvalue weighted by molar-refractivity contribution is 5.65. The van der Waals surface area contributed by atoms with Gasteiger partial charge in [-0.15, -0.1) is 0 Å². The van der Waals surface area contributed by atoms with E-state index in [2.05, 4.69) is 22.3 Å². The fourth-order valence-electron chi connectivity index (χ4n) is 3.35. The van der Waals surface area contributed by atoms with Crippen molar-refractivity contribution in [3.8, 4) is 5.75 Å². The third kappa shape index (κ3) is 3.86. The molecule has 2 N–H and O–H groups in total. The molecule has 2 aromatic rings. The summed E-state index contributed by atoms with van der Waals surface area (Å²) in [6.45, 7) is 2.36. The molecule has 0 bridgehead atoms. The minimum atomic E-state index is -0.972. The first-order valence-corrected chi connectivity index (χ1v) is 8.05. The SMILES string of the molecule is COc1ccc([C@@H]2CN(Cc3ccccc3)C[C@H]2NC(=O)O)cc1. The Labute approximate surface area is 141 Å². The molecule has 0 unspecified atom stereocenters. The number of methoxy groups -OCH3 is 1. The molecular weight excluding hydrogens is 304 g/mol. The Bertz CT molecular complexity index is 673. The summed E-state index contributed by atoms with van der Waals surface area (Å²) >= 11 is 0. The van der Waals surface area contributed by atoms with Crippen LogP contribution in [0.1, 0.15) is 17.0 Å². The summed E-state index contributed by atoms with van der Waals surface area (Å²) in [4.78, 5) is 13.4. The van der Waals surface area contributed by atoms with Gasteiger partial charge in [0.25, 0.3) is 0 Å². The van der Waals surface area contributed by atoms with E-state index in [9.17, 15) is 4.79 Å². The van der Waals surface area contributed by atoms with Crippen LogP contribution in [0, 0.1) is 0 Å². The van der Waals surface area contributed by atoms with Crippen LogP contribution < -0.4 is 10.1 Å². The molecule has 24 heavy (non-hydrogen) atoms. The number of likely N-dealkylation sites (tertiary alicyclic amines) is 1. The van der Waals surface area contributed by atoms with Gasteiger partial charge in [-0.1, -0.05) is 42.5 Å². The average molecular weight is 326 g/mol. The summed E-state index contributed by atoms with van der Waals surface area (Å²) in [7, 11) is 1.64. The summed E-state index contributed by atoms with van der Waals surface area (Å²) in [5.74, 6) is 0.941. The van der Waals surface area contributed by atoms with E-state index < -0.39 is 6.09 Å². The molecule has 1 aliphatic heterocycles. The minimum Gasteiger partial charge on any atom is -0.497 e. The zero-order valence-electron chi connectivity index (χ0n) is 13.7. The zero-order valence-corrected chi connectivity index (χ0v) is 13.7. The second-order valence-corrected chi connectivity index (χ2v) is 6.12. The van der Waals surface area contributed by atoms with Crippen molar-refractivity contribution in [3.05, 3.63) is 65.7 Å². The van der Waals surface area contributed by atoms with E-state index >= 15 is 0 Å². The molecular formula is C19H22N2O3. The predicted octanol–water partition coefficient (Wildman–Crippen LogP) is 2.93. The van der Waals surface area contributed by atoms with Crippen LogP contribution in [0.5, 0.6) is 5.75 Å². The van der Waals surface area contributed by atoms with E-state index in [1.54, 1.807) is 7.11 Å². The lowest BCUT2D eigenvalue weighted by atomic mass is 9.94. The van der Waals surface area contributed by atoms with Crippen LogP contribution in [0.15, 0.2) is 54.6 Å². The molecule has 5 nitrogen and oxygen atoms in total. The normalized spacial score (nSPS) is 20.7. The van der Waals surface area contributed by atoms with Gasteiger partial charge in [0.05, 0.1) is 13.2 Å². The number of rotatable bonds is 5. The van der Waals surface area contributed by atoms with E-state index in [0.29, 0.717) is 6.54 Å². The molecule has 0 aliphatic carbocycles. The monoisotopic (exact) mass is 326 g/mol. The highest BCUT2D eigenvalue weighted by atomic mass is 16.5. The first-order valence-electron chi connectivity index (χ1n) is 8.05. The fraction of sp³-hybridized carbons (Fsp3) is 0.316. The Balaban J connectivity index is 1.75. The summed E-state index contributed by atoms with van der Waals surface area (Å²) in [5, 5.41) is 11.8. The molecule has 1 heterocycles. The standard InChI is InChI=1S/C19H22N2O3/c1-24-16-9-7-15(8-10-16)17-12-21(13-18(17)20-19(22)23)11-14-5-3-2-4-6-14/h2-10,17-18,20H,11-13H2,1H3,(H,22,23)/t17-,18+/m0/s1. The molecule has 3 rings (SSSR count). The second-order valence-electron chi connectivity index (χ2n) is 6.12. The quantitative estimate of drug-likeness (QED) is 0.887. The molecule has 0 aromatic heterocycles. The third-order valence-electron chi connectivity index (χ3n) is 4.50. The molecule has 1 fully saturated rings. The first kappa shape index (κ1) is 16.3. The van der Waals surface area contributed by atoms with Crippen molar-refractivity contribution in [2.24, 2.45) is 0 Å². The number of hydrogen-bond donors (Lipinski definition) is 2. The molecule has 2 aromatic carbocycles. The zero-order chi connectivity index (χ0) is 16.9. The van der Waals surface area contributed by atoms with Crippen LogP contribution in [0.4, 0.5) is 4.79 Å². The van der Waals surface area contributed by atoms with E-state index in [4.69, 9.17) is 9.84 Å². The van der Waals surface area contributed by atoms with Crippen molar-refractivity contribution >= 4 is 6.09 Å². The van der Waals surface area contributed by atoms with Gasteiger partial charge in [-0.3, -0.25) is 4.90 Å². The summed E-state index contributed by atoms with van der Waals surface area (Å²) in [5.41, 5.74) is 2.37. The van der Waals surface area contributed by atoms with Crippen LogP contribution in [-0.4, -0.2) is 42.3 Å². The van der Waals surface area contributed by atoms with Gasteiger partial charge in [-0.25, -0.2) is 4.79 Å². The molecule has 0 saturated carbocycles. The van der Waals surface area contributed by atoms with Gasteiger partial charge in [0, 0.05) is 25.6 Å². The second kappa shape index (κ2) is 7.36. The van der Waals surface area contributed by atoms with Gasteiger partial charge < -0.3 is 15.2 Å². The van der Waals surface area contributed by atoms with E-state index in [1.165, 1.54) is 5.56 Å². The van der Waals surface area contributed by atoms with Crippen LogP contribution in [-0.2, 0) is 6.54 Å². The molecule has 1 aliphatic rings. The van der Waals surface area contributed by atoms with E-state index in [1.807, 2.05) is 42.5 Å². The Morgan fingerprint density at radius 3 is 2.50 bits per heavy atom. The predicted molar refractivity (Wildman–Crippen MR) is 92.4 cm³/mol. The van der Waals surface area contributed by atoms with Gasteiger partial charge in [0.15, 0.2) is 0 Å². The number of nitrogens with one attached hydrogen (secondary N) is 1. The van der Waals surface area contributed by atoms with Crippen LogP contribution in [0.2, 0.25) is 0 Å². The van der Waals surface area contributed by atoms with Gasteiger partial charge in [0.1, 0.15) is 5.75 Å². The number of carboxylic acid groups (broad SMARTS) is 1. The lowest BCUT2D eigenvalue weighted by Gasteiger charge is -2.18. The topological polar surface area (TPSA) is 61.8 Å². The Hall–Kier alpha value is -2.53. The van der Waals surface area contributed by atoms with Crippen molar-refractivity contribution in [1.29, 1.82) is 0 Å². The van der Waals surface area contributed by atoms with Crippen LogP contribution in [0.25, 0.3) is 0 Å². The number of benzene rings is 2. The van der Waals surface area contributed by atoms with Crippen molar-refractivity contribution in [1.82, 2.24) is 10.2 Å². The Morgan fingerprint density at radius 2 is 1.88 bits per heavy atom. The summed E-state index contributed by atoms with van der Waals surface area (Å²) < 4.78 is 5.20. The molecule has 0 radical (unpaired) electrons. The number of amides is 1. The maximum atomic E-state index is 11.1. The first-order chi connectivity index (χ1) is 11.7. The average Bonchev–Trinajstić information content (AvgIpc) is 2.97. The number of carbonyl (C=O) groups is 1. The molecule has 126 valence electrons. The summed E-state index contributed by atoms with van der Waals surface area (Å²) in [6.07, 6.45) is -0.972. The van der Waals surface area contributed by atoms with Crippen molar-refractivity contribution < 1.29 is 14.6 Å². The van der Waals surface area contributed by atoms with Crippen molar-refractivity contribution in [3.63, 3.8) is 0 Å². The fourth-order valence-corrected chi connectivity index (χ4v) is 3.35. The number of ether oxygens (including phenoxy) is 1.